The molecule has 0 fully saturated rings. The van der Waals surface area contributed by atoms with Crippen molar-refractivity contribution in [1.82, 2.24) is 0 Å². The van der Waals surface area contributed by atoms with E-state index < -0.39 is 0 Å². The Kier molecular flexibility index (Phi) is 6.85. The first kappa shape index (κ1) is 16.0. The van der Waals surface area contributed by atoms with Gasteiger partial charge in [-0.1, -0.05) is 33.1 Å². The van der Waals surface area contributed by atoms with E-state index in [1.807, 2.05) is 6.92 Å². The summed E-state index contributed by atoms with van der Waals surface area (Å²) in [7, 11) is 0. The molecule has 2 atom stereocenters. The molecule has 108 valence electrons. The van der Waals surface area contributed by atoms with E-state index in [0.717, 1.165) is 12.0 Å². The Balaban J connectivity index is 2.65. The first-order valence-electron chi connectivity index (χ1n) is 7.26. The van der Waals surface area contributed by atoms with Gasteiger partial charge < -0.3 is 10.5 Å². The van der Waals surface area contributed by atoms with Crippen molar-refractivity contribution in [3.05, 3.63) is 29.6 Å². The summed E-state index contributed by atoms with van der Waals surface area (Å²) in [5.41, 5.74) is 6.60. The lowest BCUT2D eigenvalue weighted by molar-refractivity contribution is 0.230. The topological polar surface area (TPSA) is 35.2 Å². The molecule has 0 aliphatic heterocycles. The molecule has 0 radical (unpaired) electrons. The van der Waals surface area contributed by atoms with E-state index in [-0.39, 0.29) is 11.9 Å². The normalized spacial score (nSPS) is 14.2. The van der Waals surface area contributed by atoms with E-state index in [2.05, 4.69) is 13.8 Å². The summed E-state index contributed by atoms with van der Waals surface area (Å²) in [4.78, 5) is 0. The Morgan fingerprint density at radius 1 is 1.32 bits per heavy atom. The molecule has 0 saturated heterocycles. The Morgan fingerprint density at radius 3 is 2.63 bits per heavy atom. The van der Waals surface area contributed by atoms with Gasteiger partial charge >= 0.3 is 0 Å². The van der Waals surface area contributed by atoms with Crippen LogP contribution in [-0.2, 0) is 0 Å². The Bertz CT molecular complexity index is 379. The molecule has 0 aliphatic carbocycles. The molecule has 1 aromatic rings. The molecule has 1 unspecified atom stereocenters. The van der Waals surface area contributed by atoms with Crippen molar-refractivity contribution in [2.24, 2.45) is 11.7 Å². The van der Waals surface area contributed by atoms with E-state index in [9.17, 15) is 4.39 Å². The summed E-state index contributed by atoms with van der Waals surface area (Å²) in [6.07, 6.45) is 4.72. The predicted octanol–water partition coefficient (Wildman–Crippen LogP) is 4.44. The number of unbranched alkanes of at least 4 members (excludes halogenated alkanes) is 1. The molecule has 0 saturated carbocycles. The summed E-state index contributed by atoms with van der Waals surface area (Å²) in [5.74, 6) is 1.01. The van der Waals surface area contributed by atoms with E-state index in [0.29, 0.717) is 18.3 Å². The van der Waals surface area contributed by atoms with Gasteiger partial charge in [-0.25, -0.2) is 4.39 Å². The molecule has 1 aromatic carbocycles. The minimum Gasteiger partial charge on any atom is -0.493 e. The van der Waals surface area contributed by atoms with Crippen LogP contribution < -0.4 is 10.5 Å². The highest BCUT2D eigenvalue weighted by Crippen LogP contribution is 2.26. The van der Waals surface area contributed by atoms with Crippen molar-refractivity contribution in [2.45, 2.75) is 52.5 Å². The smallest absolute Gasteiger partial charge is 0.124 e. The standard InChI is InChI=1S/C16H26FNO/c1-4-6-7-13(5-2)11-19-16-9-8-14(17)10-15(16)12(3)18/h8-10,12-13H,4-7,11,18H2,1-3H3/t12-,13?/m1/s1. The van der Waals surface area contributed by atoms with Crippen LogP contribution in [0.1, 0.15) is 58.1 Å². The third kappa shape index (κ3) is 5.19. The fourth-order valence-electron chi connectivity index (χ4n) is 2.11. The molecule has 2 nitrogen and oxygen atoms in total. The van der Waals surface area contributed by atoms with Crippen LogP contribution in [0.25, 0.3) is 0 Å². The largest absolute Gasteiger partial charge is 0.493 e. The summed E-state index contributed by atoms with van der Waals surface area (Å²) in [6, 6.07) is 4.35. The average Bonchev–Trinajstić information content (AvgIpc) is 2.40. The Labute approximate surface area is 116 Å². The zero-order valence-corrected chi connectivity index (χ0v) is 12.3. The molecule has 0 aromatic heterocycles. The molecule has 0 bridgehead atoms. The summed E-state index contributed by atoms with van der Waals surface area (Å²) in [6.45, 7) is 6.90. The number of halogens is 1. The van der Waals surface area contributed by atoms with Crippen LogP contribution in [0.2, 0.25) is 0 Å². The first-order valence-corrected chi connectivity index (χ1v) is 7.26. The molecule has 0 spiro atoms. The fraction of sp³-hybridized carbons (Fsp3) is 0.625. The second kappa shape index (κ2) is 8.16. The van der Waals surface area contributed by atoms with Crippen LogP contribution in [0.5, 0.6) is 5.75 Å². The van der Waals surface area contributed by atoms with Crippen LogP contribution in [0.15, 0.2) is 18.2 Å². The monoisotopic (exact) mass is 267 g/mol. The molecule has 0 amide bonds. The van der Waals surface area contributed by atoms with E-state index in [4.69, 9.17) is 10.5 Å². The van der Waals surface area contributed by atoms with Gasteiger partial charge in [0.05, 0.1) is 6.61 Å². The minimum atomic E-state index is -0.266. The fourth-order valence-corrected chi connectivity index (χ4v) is 2.11. The van der Waals surface area contributed by atoms with E-state index in [1.165, 1.54) is 31.4 Å². The van der Waals surface area contributed by atoms with Crippen molar-refractivity contribution in [2.75, 3.05) is 6.61 Å². The molecular formula is C16H26FNO. The quantitative estimate of drug-likeness (QED) is 0.755. The van der Waals surface area contributed by atoms with Gasteiger partial charge in [-0.15, -0.1) is 0 Å². The number of ether oxygens (including phenoxy) is 1. The lowest BCUT2D eigenvalue weighted by Crippen LogP contribution is -2.14. The summed E-state index contributed by atoms with van der Waals surface area (Å²) < 4.78 is 19.1. The molecule has 19 heavy (non-hydrogen) atoms. The van der Waals surface area contributed by atoms with Crippen molar-refractivity contribution in [3.63, 3.8) is 0 Å². The van der Waals surface area contributed by atoms with Gasteiger partial charge in [0.1, 0.15) is 11.6 Å². The van der Waals surface area contributed by atoms with Crippen LogP contribution in [0.4, 0.5) is 4.39 Å². The summed E-state index contributed by atoms with van der Waals surface area (Å²) >= 11 is 0. The van der Waals surface area contributed by atoms with E-state index >= 15 is 0 Å². The molecule has 2 N–H and O–H groups in total. The molecule has 1 rings (SSSR count). The minimum absolute atomic E-state index is 0.221. The zero-order chi connectivity index (χ0) is 14.3. The van der Waals surface area contributed by atoms with Crippen LogP contribution in [0, 0.1) is 11.7 Å². The van der Waals surface area contributed by atoms with Crippen molar-refractivity contribution in [3.8, 4) is 5.75 Å². The SMILES string of the molecule is CCCCC(CC)COc1ccc(F)cc1[C@@H](C)N. The maximum Gasteiger partial charge on any atom is 0.124 e. The third-order valence-corrected chi connectivity index (χ3v) is 3.48. The predicted molar refractivity (Wildman–Crippen MR) is 77.8 cm³/mol. The van der Waals surface area contributed by atoms with Crippen molar-refractivity contribution >= 4 is 0 Å². The van der Waals surface area contributed by atoms with Gasteiger partial charge in [-0.3, -0.25) is 0 Å². The van der Waals surface area contributed by atoms with Gasteiger partial charge in [0.25, 0.3) is 0 Å². The average molecular weight is 267 g/mol. The maximum atomic E-state index is 13.2. The maximum absolute atomic E-state index is 13.2. The van der Waals surface area contributed by atoms with E-state index in [1.54, 1.807) is 6.07 Å². The van der Waals surface area contributed by atoms with Crippen LogP contribution >= 0.6 is 0 Å². The van der Waals surface area contributed by atoms with Gasteiger partial charge in [0.15, 0.2) is 0 Å². The molecule has 3 heteroatoms. The van der Waals surface area contributed by atoms with Crippen LogP contribution in [0.3, 0.4) is 0 Å². The van der Waals surface area contributed by atoms with Crippen molar-refractivity contribution < 1.29 is 9.13 Å². The molecular weight excluding hydrogens is 241 g/mol. The molecule has 0 aliphatic rings. The second-order valence-corrected chi connectivity index (χ2v) is 5.20. The number of benzene rings is 1. The Hall–Kier alpha value is -1.09. The molecule has 0 heterocycles. The van der Waals surface area contributed by atoms with Crippen molar-refractivity contribution in [1.29, 1.82) is 0 Å². The highest BCUT2D eigenvalue weighted by atomic mass is 19.1. The number of rotatable bonds is 8. The Morgan fingerprint density at radius 2 is 2.05 bits per heavy atom. The third-order valence-electron chi connectivity index (χ3n) is 3.48. The second-order valence-electron chi connectivity index (χ2n) is 5.20. The highest BCUT2D eigenvalue weighted by molar-refractivity contribution is 5.36. The van der Waals surface area contributed by atoms with Gasteiger partial charge in [-0.2, -0.15) is 0 Å². The zero-order valence-electron chi connectivity index (χ0n) is 12.3. The highest BCUT2D eigenvalue weighted by Gasteiger charge is 2.12. The van der Waals surface area contributed by atoms with Gasteiger partial charge in [0, 0.05) is 11.6 Å². The van der Waals surface area contributed by atoms with Crippen LogP contribution in [-0.4, -0.2) is 6.61 Å². The lowest BCUT2D eigenvalue weighted by atomic mass is 10.0. The lowest BCUT2D eigenvalue weighted by Gasteiger charge is -2.18. The first-order chi connectivity index (χ1) is 9.08. The number of nitrogens with two attached hydrogens (primary N) is 1. The number of hydrogen-bond acceptors (Lipinski definition) is 2. The van der Waals surface area contributed by atoms with Gasteiger partial charge in [-0.05, 0) is 37.5 Å². The number of hydrogen-bond donors (Lipinski definition) is 1. The van der Waals surface area contributed by atoms with Gasteiger partial charge in [0.2, 0.25) is 0 Å². The summed E-state index contributed by atoms with van der Waals surface area (Å²) in [5, 5.41) is 0.